The van der Waals surface area contributed by atoms with E-state index in [4.69, 9.17) is 13.9 Å². The molecule has 38 heavy (non-hydrogen) atoms. The van der Waals surface area contributed by atoms with Crippen LogP contribution in [0, 0.1) is 24.0 Å². The van der Waals surface area contributed by atoms with Gasteiger partial charge in [0.1, 0.15) is 17.1 Å². The van der Waals surface area contributed by atoms with Crippen LogP contribution < -0.4 is 14.9 Å². The summed E-state index contributed by atoms with van der Waals surface area (Å²) >= 11 is 0. The van der Waals surface area contributed by atoms with Gasteiger partial charge in [0.05, 0.1) is 10.3 Å². The van der Waals surface area contributed by atoms with Crippen molar-refractivity contribution < 1.29 is 36.8 Å². The van der Waals surface area contributed by atoms with E-state index in [1.165, 1.54) is 48.5 Å². The largest absolute Gasteiger partial charge is 0.453 e. The van der Waals surface area contributed by atoms with Crippen LogP contribution in [-0.4, -0.2) is 10.9 Å². The molecular weight excluding hydrogens is 507 g/mol. The number of ether oxygens (including phenoxy) is 2. The summed E-state index contributed by atoms with van der Waals surface area (Å²) in [5.41, 5.74) is 0.108. The van der Waals surface area contributed by atoms with Gasteiger partial charge in [0, 0.05) is 24.3 Å². The highest BCUT2D eigenvalue weighted by molar-refractivity contribution is 5.89. The van der Waals surface area contributed by atoms with Gasteiger partial charge in [0.15, 0.2) is 0 Å². The molecule has 0 saturated carbocycles. The number of halogens is 3. The van der Waals surface area contributed by atoms with Crippen LogP contribution in [0.5, 0.6) is 17.2 Å². The Kier molecular flexibility index (Phi) is 7.02. The summed E-state index contributed by atoms with van der Waals surface area (Å²) < 4.78 is 57.0. The third kappa shape index (κ3) is 5.89. The van der Waals surface area contributed by atoms with E-state index >= 15 is 0 Å². The molecule has 0 atom stereocenters. The molecule has 0 unspecified atom stereocenters. The second kappa shape index (κ2) is 10.2. The van der Waals surface area contributed by atoms with E-state index in [2.05, 4.69) is 0 Å². The van der Waals surface area contributed by atoms with Gasteiger partial charge >= 0.3 is 12.1 Å². The number of carbonyl (C=O) groups is 1. The van der Waals surface area contributed by atoms with Gasteiger partial charge in [0.25, 0.3) is 11.4 Å². The van der Waals surface area contributed by atoms with Crippen LogP contribution in [-0.2, 0) is 11.0 Å². The Morgan fingerprint density at radius 2 is 1.71 bits per heavy atom. The number of carbonyl (C=O) groups excluding carboxylic acids is 1. The van der Waals surface area contributed by atoms with Crippen molar-refractivity contribution in [3.8, 4) is 17.2 Å². The van der Waals surface area contributed by atoms with Crippen molar-refractivity contribution in [2.45, 2.75) is 20.0 Å². The third-order valence-electron chi connectivity index (χ3n) is 5.21. The Labute approximate surface area is 212 Å². The zero-order valence-corrected chi connectivity index (χ0v) is 19.9. The van der Waals surface area contributed by atoms with Crippen LogP contribution in [0.2, 0.25) is 0 Å². The molecule has 1 heterocycles. The highest BCUT2D eigenvalue weighted by Crippen LogP contribution is 2.39. The molecule has 0 amide bonds. The fraction of sp³-hybridized carbons (Fsp3) is 0.111. The van der Waals surface area contributed by atoms with Crippen molar-refractivity contribution in [2.24, 2.45) is 0 Å². The summed E-state index contributed by atoms with van der Waals surface area (Å²) in [5.74, 6) is -3.71. The number of rotatable bonds is 6. The second-order valence-electron chi connectivity index (χ2n) is 8.28. The predicted octanol–water partition coefficient (Wildman–Crippen LogP) is 6.75. The Balaban J connectivity index is 1.65. The van der Waals surface area contributed by atoms with E-state index in [0.717, 1.165) is 29.3 Å². The topological polar surface area (TPSA) is 109 Å². The monoisotopic (exact) mass is 525 g/mol. The number of nitro benzene ring substituents is 1. The highest BCUT2D eigenvalue weighted by Gasteiger charge is 2.40. The van der Waals surface area contributed by atoms with Crippen molar-refractivity contribution in [1.82, 2.24) is 0 Å². The van der Waals surface area contributed by atoms with Gasteiger partial charge in [-0.1, -0.05) is 18.2 Å². The maximum absolute atomic E-state index is 13.8. The molecule has 0 N–H and O–H groups in total. The molecule has 0 spiro atoms. The Morgan fingerprint density at radius 1 is 1.00 bits per heavy atom. The van der Waals surface area contributed by atoms with Gasteiger partial charge < -0.3 is 13.9 Å². The summed E-state index contributed by atoms with van der Waals surface area (Å²) in [4.78, 5) is 35.5. The minimum Gasteiger partial charge on any atom is -0.449 e. The normalized spacial score (nSPS) is 11.6. The number of hydrogen-bond acceptors (Lipinski definition) is 7. The van der Waals surface area contributed by atoms with Crippen LogP contribution in [0.25, 0.3) is 17.0 Å². The van der Waals surface area contributed by atoms with Gasteiger partial charge in [-0.2, -0.15) is 13.2 Å². The average Bonchev–Trinajstić information content (AvgIpc) is 2.83. The molecule has 0 aliphatic rings. The van der Waals surface area contributed by atoms with Crippen LogP contribution in [0.15, 0.2) is 76.0 Å². The van der Waals surface area contributed by atoms with Gasteiger partial charge in [0.2, 0.25) is 11.2 Å². The van der Waals surface area contributed by atoms with E-state index in [1.54, 1.807) is 19.9 Å². The average molecular weight is 525 g/mol. The number of nitrogens with zero attached hydrogens (tertiary/aromatic N) is 1. The summed E-state index contributed by atoms with van der Waals surface area (Å²) in [6, 6.07) is 13.6. The SMILES string of the molecule is Cc1cc(C)cc(Oc2c(C(F)(F)F)oc3cc(OC(=O)C=Cc4cccc([N+](=O)[O-])c4)ccc3c2=O)c1. The lowest BCUT2D eigenvalue weighted by Gasteiger charge is -2.14. The van der Waals surface area contributed by atoms with Gasteiger partial charge in [-0.05, 0) is 60.9 Å². The number of alkyl halides is 3. The summed E-state index contributed by atoms with van der Waals surface area (Å²) in [5, 5.41) is 10.7. The maximum atomic E-state index is 13.8. The maximum Gasteiger partial charge on any atom is 0.453 e. The highest BCUT2D eigenvalue weighted by atomic mass is 19.4. The van der Waals surface area contributed by atoms with Crippen LogP contribution in [0.1, 0.15) is 22.5 Å². The molecule has 0 aliphatic heterocycles. The molecule has 0 aliphatic carbocycles. The van der Waals surface area contributed by atoms with Crippen LogP contribution >= 0.6 is 0 Å². The van der Waals surface area contributed by atoms with Crippen molar-refractivity contribution in [3.63, 3.8) is 0 Å². The quantitative estimate of drug-likeness (QED) is 0.0901. The van der Waals surface area contributed by atoms with E-state index in [1.807, 2.05) is 0 Å². The van der Waals surface area contributed by atoms with E-state index in [-0.39, 0.29) is 22.6 Å². The summed E-state index contributed by atoms with van der Waals surface area (Å²) in [6.07, 6.45) is -2.80. The summed E-state index contributed by atoms with van der Waals surface area (Å²) in [7, 11) is 0. The molecule has 0 radical (unpaired) electrons. The van der Waals surface area contributed by atoms with Gasteiger partial charge in [-0.15, -0.1) is 0 Å². The molecule has 11 heteroatoms. The molecule has 4 aromatic rings. The van der Waals surface area contributed by atoms with Gasteiger partial charge in [-0.25, -0.2) is 4.79 Å². The van der Waals surface area contributed by atoms with Crippen molar-refractivity contribution in [1.29, 1.82) is 0 Å². The standard InChI is InChI=1S/C27H18F3NO7/c1-15-10-16(2)12-20(11-15)37-25-24(33)21-8-7-19(14-22(21)38-26(25)27(28,29)30)36-23(32)9-6-17-4-3-5-18(13-17)31(34)35/h3-14H,1-2H3. The lowest BCUT2D eigenvalue weighted by molar-refractivity contribution is -0.384. The summed E-state index contributed by atoms with van der Waals surface area (Å²) in [6.45, 7) is 3.46. The van der Waals surface area contributed by atoms with Crippen molar-refractivity contribution in [2.75, 3.05) is 0 Å². The molecule has 0 fully saturated rings. The minimum absolute atomic E-state index is 0.0423. The van der Waals surface area contributed by atoms with E-state index in [9.17, 15) is 32.9 Å². The fourth-order valence-electron chi connectivity index (χ4n) is 3.67. The number of fused-ring (bicyclic) bond motifs is 1. The molecule has 8 nitrogen and oxygen atoms in total. The first-order chi connectivity index (χ1) is 17.9. The minimum atomic E-state index is -5.06. The third-order valence-corrected chi connectivity index (χ3v) is 5.21. The van der Waals surface area contributed by atoms with E-state index < -0.39 is 39.6 Å². The Morgan fingerprint density at radius 3 is 2.37 bits per heavy atom. The molecule has 3 aromatic carbocycles. The predicted molar refractivity (Wildman–Crippen MR) is 131 cm³/mol. The zero-order valence-electron chi connectivity index (χ0n) is 19.9. The molecule has 4 rings (SSSR count). The second-order valence-corrected chi connectivity index (χ2v) is 8.28. The van der Waals surface area contributed by atoms with Gasteiger partial charge in [-0.3, -0.25) is 14.9 Å². The Bertz CT molecular complexity index is 1640. The number of benzene rings is 3. The molecular formula is C27H18F3NO7. The number of nitro groups is 1. The van der Waals surface area contributed by atoms with Crippen LogP contribution in [0.4, 0.5) is 18.9 Å². The molecule has 0 bridgehead atoms. The fourth-order valence-corrected chi connectivity index (χ4v) is 3.67. The molecule has 1 aromatic heterocycles. The zero-order chi connectivity index (χ0) is 27.6. The first-order valence-electron chi connectivity index (χ1n) is 11.0. The lowest BCUT2D eigenvalue weighted by atomic mass is 10.1. The Hall–Kier alpha value is -4.93. The number of aryl methyl sites for hydroxylation is 2. The number of hydrogen-bond donors (Lipinski definition) is 0. The number of non-ortho nitro benzene ring substituents is 1. The first-order valence-corrected chi connectivity index (χ1v) is 11.0. The molecule has 0 saturated heterocycles. The molecule has 194 valence electrons. The van der Waals surface area contributed by atoms with E-state index in [0.29, 0.717) is 5.56 Å². The number of esters is 1. The lowest BCUT2D eigenvalue weighted by Crippen LogP contribution is -2.15. The van der Waals surface area contributed by atoms with Crippen LogP contribution in [0.3, 0.4) is 0 Å². The smallest absolute Gasteiger partial charge is 0.449 e. The van der Waals surface area contributed by atoms with Crippen molar-refractivity contribution >= 4 is 28.7 Å². The first kappa shape index (κ1) is 26.1. The van der Waals surface area contributed by atoms with Crippen molar-refractivity contribution in [3.05, 3.63) is 110 Å².